The van der Waals surface area contributed by atoms with Crippen molar-refractivity contribution < 1.29 is 67.3 Å². The van der Waals surface area contributed by atoms with E-state index in [1.807, 2.05) is 6.92 Å². The summed E-state index contributed by atoms with van der Waals surface area (Å²) in [5, 5.41) is 22.1. The molecule has 22 nitrogen and oxygen atoms in total. The number of unbranched alkanes of at least 4 members (excludes halogenated alkanes) is 2. The fourth-order valence-electron chi connectivity index (χ4n) is 9.25. The first-order chi connectivity index (χ1) is 34.3. The van der Waals surface area contributed by atoms with Gasteiger partial charge in [0.25, 0.3) is 11.8 Å². The molecule has 0 radical (unpaired) electrons. The number of nitrogens with zero attached hydrogens (tertiary/aromatic N) is 3. The third-order valence-electron chi connectivity index (χ3n) is 14.0. The molecule has 5 atom stereocenters. The number of benzene rings is 1. The molecule has 5 rings (SSSR count). The van der Waals surface area contributed by atoms with Crippen LogP contribution in [-0.2, 0) is 54.4 Å². The van der Waals surface area contributed by atoms with Crippen LogP contribution >= 0.6 is 0 Å². The second kappa shape index (κ2) is 24.1. The quantitative estimate of drug-likeness (QED) is 0.0376. The molecule has 4 aliphatic rings. The Morgan fingerprint density at radius 3 is 2.08 bits per heavy atom. The molecule has 0 saturated heterocycles. The SMILES string of the molecule is CC(=O)OCC1(C)C=C2C(=O)C(C)(O)C3(CC3)C(C)=C2C1OC(=O)N(C)CCN(C)C(=O)OCc1ccc(NC(=O)[C@H](CCCNC(N)=O)NC(=O)[C@@H](NC(=O)CCCCCN2C(=O)C=CC2=O)C(C)C)cc1. The average Bonchev–Trinajstić information content (AvgIpc) is 4.03. The summed E-state index contributed by atoms with van der Waals surface area (Å²) in [6.45, 7) is 9.95. The number of likely N-dealkylation sites (N-methyl/N-ethyl adjacent to an activating group) is 2. The number of urea groups is 1. The molecule has 1 fully saturated rings. The molecule has 1 aromatic rings. The third-order valence-corrected chi connectivity index (χ3v) is 14.0. The van der Waals surface area contributed by atoms with Gasteiger partial charge in [0, 0.05) is 88.0 Å². The number of aliphatic hydroxyl groups is 1. The number of rotatable bonds is 24. The van der Waals surface area contributed by atoms with Gasteiger partial charge in [0.2, 0.25) is 17.7 Å². The number of primary amides is 1. The number of nitrogens with one attached hydrogen (secondary N) is 4. The predicted octanol–water partition coefficient (Wildman–Crippen LogP) is 3.13. The van der Waals surface area contributed by atoms with Crippen molar-refractivity contribution in [1.29, 1.82) is 0 Å². The number of Topliss-reactive ketones (excluding diaryl/α,β-unsaturated/α-hetero) is 1. The van der Waals surface area contributed by atoms with Crippen LogP contribution in [-0.4, -0.2) is 150 Å². The van der Waals surface area contributed by atoms with E-state index in [1.165, 1.54) is 49.9 Å². The second-order valence-electron chi connectivity index (χ2n) is 20.0. The number of ketones is 1. The maximum Gasteiger partial charge on any atom is 0.410 e. The number of amides is 9. The molecule has 73 heavy (non-hydrogen) atoms. The summed E-state index contributed by atoms with van der Waals surface area (Å²) in [5.41, 5.74) is 4.12. The average molecular weight is 1020 g/mol. The molecular weight excluding hydrogens is 949 g/mol. The lowest BCUT2D eigenvalue weighted by Crippen LogP contribution is -2.54. The van der Waals surface area contributed by atoms with Gasteiger partial charge in [-0.05, 0) is 82.9 Å². The molecule has 9 amide bonds. The van der Waals surface area contributed by atoms with Gasteiger partial charge in [-0.3, -0.25) is 38.5 Å². The number of ether oxygens (including phenoxy) is 3. The molecule has 398 valence electrons. The number of hydrogen-bond acceptors (Lipinski definition) is 14. The molecule has 1 aromatic carbocycles. The van der Waals surface area contributed by atoms with E-state index in [1.54, 1.807) is 51.1 Å². The number of imide groups is 1. The number of esters is 1. The highest BCUT2D eigenvalue weighted by Gasteiger charge is 2.67. The maximum atomic E-state index is 13.7. The van der Waals surface area contributed by atoms with Gasteiger partial charge >= 0.3 is 24.2 Å². The number of carbonyl (C=O) groups is 10. The second-order valence-corrected chi connectivity index (χ2v) is 20.0. The minimum absolute atomic E-state index is 0.0344. The van der Waals surface area contributed by atoms with Crippen molar-refractivity contribution in [2.24, 2.45) is 22.5 Å². The Balaban J connectivity index is 1.10. The first kappa shape index (κ1) is 56.8. The Morgan fingerprint density at radius 1 is 0.863 bits per heavy atom. The number of carbonyl (C=O) groups excluding carboxylic acids is 10. The van der Waals surface area contributed by atoms with Gasteiger partial charge in [0.15, 0.2) is 5.78 Å². The van der Waals surface area contributed by atoms with Crippen LogP contribution in [0, 0.1) is 16.7 Å². The largest absolute Gasteiger partial charge is 0.465 e. The molecule has 1 spiro atoms. The van der Waals surface area contributed by atoms with E-state index in [2.05, 4.69) is 21.3 Å². The summed E-state index contributed by atoms with van der Waals surface area (Å²) in [4.78, 5) is 131. The summed E-state index contributed by atoms with van der Waals surface area (Å²) in [5.74, 6) is -3.65. The Morgan fingerprint density at radius 2 is 1.49 bits per heavy atom. The molecule has 0 bridgehead atoms. The van der Waals surface area contributed by atoms with Gasteiger partial charge in [0.1, 0.15) is 37.0 Å². The number of anilines is 1. The summed E-state index contributed by atoms with van der Waals surface area (Å²) in [7, 11) is 2.99. The van der Waals surface area contributed by atoms with Crippen LogP contribution in [0.1, 0.15) is 98.5 Å². The zero-order valence-electron chi connectivity index (χ0n) is 42.9. The lowest BCUT2D eigenvalue weighted by Gasteiger charge is -2.40. The summed E-state index contributed by atoms with van der Waals surface area (Å²) < 4.78 is 16.9. The van der Waals surface area contributed by atoms with Gasteiger partial charge in [-0.2, -0.15) is 0 Å². The third kappa shape index (κ3) is 13.9. The highest BCUT2D eigenvalue weighted by molar-refractivity contribution is 6.13. The van der Waals surface area contributed by atoms with Gasteiger partial charge in [-0.1, -0.05) is 44.1 Å². The first-order valence-corrected chi connectivity index (χ1v) is 24.5. The minimum atomic E-state index is -1.64. The Bertz CT molecular complexity index is 2410. The van der Waals surface area contributed by atoms with E-state index >= 15 is 0 Å². The van der Waals surface area contributed by atoms with E-state index in [0.717, 1.165) is 10.5 Å². The van der Waals surface area contributed by atoms with E-state index in [4.69, 9.17) is 19.9 Å². The van der Waals surface area contributed by atoms with E-state index in [9.17, 15) is 53.1 Å². The monoisotopic (exact) mass is 1020 g/mol. The lowest BCUT2D eigenvalue weighted by atomic mass is 9.67. The Hall–Kier alpha value is -7.10. The van der Waals surface area contributed by atoms with Crippen molar-refractivity contribution in [3.8, 4) is 0 Å². The van der Waals surface area contributed by atoms with Crippen LogP contribution in [0.4, 0.5) is 20.1 Å². The maximum absolute atomic E-state index is 13.7. The number of hydrogen-bond donors (Lipinski definition) is 6. The summed E-state index contributed by atoms with van der Waals surface area (Å²) in [6.07, 6.45) is 4.82. The molecule has 1 aliphatic heterocycles. The molecule has 22 heteroatoms. The summed E-state index contributed by atoms with van der Waals surface area (Å²) in [6, 6.07) is 3.62. The van der Waals surface area contributed by atoms with Crippen LogP contribution in [0.3, 0.4) is 0 Å². The Labute approximate surface area is 424 Å². The zero-order chi connectivity index (χ0) is 54.0. The zero-order valence-corrected chi connectivity index (χ0v) is 42.9. The fraction of sp³-hybridized carbons (Fsp3) is 0.569. The molecule has 3 unspecified atom stereocenters. The minimum Gasteiger partial charge on any atom is -0.465 e. The molecule has 1 heterocycles. The molecule has 3 aliphatic carbocycles. The Kier molecular flexibility index (Phi) is 18.7. The molecular formula is C51H70N8O14. The van der Waals surface area contributed by atoms with E-state index in [-0.39, 0.29) is 87.9 Å². The topological polar surface area (TPSA) is 302 Å². The fourth-order valence-corrected chi connectivity index (χ4v) is 9.25. The lowest BCUT2D eigenvalue weighted by molar-refractivity contribution is -0.145. The highest BCUT2D eigenvalue weighted by Crippen LogP contribution is 2.66. The van der Waals surface area contributed by atoms with Gasteiger partial charge < -0.3 is 56.1 Å². The highest BCUT2D eigenvalue weighted by atomic mass is 16.6. The van der Waals surface area contributed by atoms with Crippen LogP contribution in [0.5, 0.6) is 0 Å². The van der Waals surface area contributed by atoms with Gasteiger partial charge in [-0.15, -0.1) is 0 Å². The van der Waals surface area contributed by atoms with E-state index in [0.29, 0.717) is 48.9 Å². The van der Waals surface area contributed by atoms with Crippen molar-refractivity contribution in [3.05, 3.63) is 64.8 Å². The van der Waals surface area contributed by atoms with Crippen LogP contribution in [0.2, 0.25) is 0 Å². The van der Waals surface area contributed by atoms with Gasteiger partial charge in [0.05, 0.1) is 5.41 Å². The number of fused-ring (bicyclic) bond motifs is 1. The first-order valence-electron chi connectivity index (χ1n) is 24.5. The van der Waals surface area contributed by atoms with Crippen molar-refractivity contribution in [1.82, 2.24) is 30.7 Å². The standard InChI is InChI=1S/C51H70N8O14/c1-30(2)41(56-37(61)14-10-9-11-24-59-38(62)19-20-39(59)63)45(66)55-36(13-12-23-53-46(52)67)44(65)54-34-17-15-33(16-18-34)28-71-47(68)57(7)25-26-58(8)48(69)73-43-40-31(3)51(21-22-51)50(6,70)42(64)35(40)27-49(43,5)29-72-32(4)60/h15-20,27,30,36,41,43,70H,9-14,21-26,28-29H2,1-8H3,(H,54,65)(H,55,66)(H,56,61)(H3,52,53,67)/t36-,41-,43?,49?,50?/m0/s1. The van der Waals surface area contributed by atoms with Crippen LogP contribution in [0.15, 0.2) is 59.2 Å². The number of nitrogens with two attached hydrogens (primary N) is 1. The van der Waals surface area contributed by atoms with E-state index < -0.39 is 76.4 Å². The van der Waals surface area contributed by atoms with Crippen molar-refractivity contribution in [2.75, 3.05) is 52.2 Å². The molecule has 1 saturated carbocycles. The van der Waals surface area contributed by atoms with Crippen molar-refractivity contribution in [2.45, 2.75) is 123 Å². The smallest absolute Gasteiger partial charge is 0.410 e. The molecule has 7 N–H and O–H groups in total. The van der Waals surface area contributed by atoms with Crippen molar-refractivity contribution in [3.63, 3.8) is 0 Å². The van der Waals surface area contributed by atoms with Gasteiger partial charge in [-0.25, -0.2) is 14.4 Å². The molecule has 0 aromatic heterocycles. The van der Waals surface area contributed by atoms with Crippen LogP contribution in [0.25, 0.3) is 0 Å². The predicted molar refractivity (Wildman–Crippen MR) is 263 cm³/mol. The normalized spacial score (nSPS) is 21.2. The summed E-state index contributed by atoms with van der Waals surface area (Å²) >= 11 is 0. The van der Waals surface area contributed by atoms with Crippen molar-refractivity contribution >= 4 is 65.2 Å². The van der Waals surface area contributed by atoms with Crippen LogP contribution < -0.4 is 27.0 Å².